The van der Waals surface area contributed by atoms with Crippen LogP contribution in [0.15, 0.2) is 18.3 Å². The summed E-state index contributed by atoms with van der Waals surface area (Å²) in [5.41, 5.74) is 6.26. The number of hydrogen-bond donors (Lipinski definition) is 2. The fourth-order valence-electron chi connectivity index (χ4n) is 1.79. The number of carbonyl (C=O) groups is 1. The largest absolute Gasteiger partial charge is 0.379 e. The summed E-state index contributed by atoms with van der Waals surface area (Å²) in [5.74, 6) is 0.413. The van der Waals surface area contributed by atoms with Gasteiger partial charge in [-0.1, -0.05) is 0 Å². The molecule has 2 atom stereocenters. The molecular weight excluding hydrogens is 218 g/mol. The molecule has 2 heterocycles. The lowest BCUT2D eigenvalue weighted by molar-refractivity contribution is -0.125. The van der Waals surface area contributed by atoms with Gasteiger partial charge in [0.05, 0.1) is 18.6 Å². The van der Waals surface area contributed by atoms with Crippen molar-refractivity contribution in [3.05, 3.63) is 23.9 Å². The minimum atomic E-state index is -0.675. The molecule has 17 heavy (non-hydrogen) atoms. The van der Waals surface area contributed by atoms with Gasteiger partial charge in [-0.15, -0.1) is 0 Å². The number of aryl methyl sites for hydroxylation is 1. The molecule has 0 spiro atoms. The predicted molar refractivity (Wildman–Crippen MR) is 64.5 cm³/mol. The Bertz CT molecular complexity index is 436. The van der Waals surface area contributed by atoms with Gasteiger partial charge < -0.3 is 15.8 Å². The first kappa shape index (κ1) is 12.0. The molecule has 0 saturated carbocycles. The summed E-state index contributed by atoms with van der Waals surface area (Å²) >= 11 is 0. The number of pyridine rings is 1. The monoisotopic (exact) mass is 235 g/mol. The Morgan fingerprint density at radius 1 is 1.71 bits per heavy atom. The summed E-state index contributed by atoms with van der Waals surface area (Å²) in [4.78, 5) is 16.2. The number of carbonyl (C=O) groups excluding carboxylic acids is 1. The van der Waals surface area contributed by atoms with Crippen molar-refractivity contribution in [3.63, 3.8) is 0 Å². The minimum Gasteiger partial charge on any atom is -0.379 e. The third-order valence-electron chi connectivity index (χ3n) is 3.19. The van der Waals surface area contributed by atoms with Gasteiger partial charge in [0.15, 0.2) is 0 Å². The summed E-state index contributed by atoms with van der Waals surface area (Å²) in [7, 11) is 0. The van der Waals surface area contributed by atoms with Crippen molar-refractivity contribution in [2.75, 3.05) is 18.5 Å². The number of nitrogens with zero attached hydrogens (tertiary/aromatic N) is 1. The van der Waals surface area contributed by atoms with E-state index in [-0.39, 0.29) is 11.9 Å². The van der Waals surface area contributed by atoms with Gasteiger partial charge in [-0.2, -0.15) is 0 Å². The molecule has 5 heteroatoms. The highest BCUT2D eigenvalue weighted by Gasteiger charge is 2.44. The number of ether oxygens (including phenoxy) is 1. The van der Waals surface area contributed by atoms with Crippen LogP contribution in [0.4, 0.5) is 5.82 Å². The highest BCUT2D eigenvalue weighted by atomic mass is 16.5. The van der Waals surface area contributed by atoms with Crippen molar-refractivity contribution < 1.29 is 9.53 Å². The maximum Gasteiger partial charge on any atom is 0.235 e. The molecule has 1 aromatic heterocycles. The smallest absolute Gasteiger partial charge is 0.235 e. The Hall–Kier alpha value is -1.46. The minimum absolute atomic E-state index is 0.138. The number of aromatic nitrogens is 1. The highest BCUT2D eigenvalue weighted by molar-refractivity contribution is 5.95. The molecule has 0 aliphatic carbocycles. The van der Waals surface area contributed by atoms with Gasteiger partial charge in [0.2, 0.25) is 5.91 Å². The van der Waals surface area contributed by atoms with Crippen LogP contribution in [0, 0.1) is 12.3 Å². The van der Waals surface area contributed by atoms with E-state index in [4.69, 9.17) is 10.5 Å². The van der Waals surface area contributed by atoms with E-state index < -0.39 is 5.41 Å². The molecule has 5 nitrogen and oxygen atoms in total. The number of amides is 1. The van der Waals surface area contributed by atoms with Gasteiger partial charge in [-0.25, -0.2) is 4.98 Å². The molecule has 1 aliphatic rings. The zero-order valence-electron chi connectivity index (χ0n) is 10.1. The molecule has 0 aromatic carbocycles. The second-order valence-electron chi connectivity index (χ2n) is 4.71. The second kappa shape index (κ2) is 4.43. The van der Waals surface area contributed by atoms with Crippen molar-refractivity contribution in [2.45, 2.75) is 19.9 Å². The van der Waals surface area contributed by atoms with Gasteiger partial charge in [-0.3, -0.25) is 4.79 Å². The van der Waals surface area contributed by atoms with Gasteiger partial charge >= 0.3 is 0 Å². The van der Waals surface area contributed by atoms with E-state index in [1.165, 1.54) is 0 Å². The van der Waals surface area contributed by atoms with Gasteiger partial charge in [-0.05, 0) is 31.5 Å². The average Bonchev–Trinajstić information content (AvgIpc) is 2.60. The van der Waals surface area contributed by atoms with E-state index >= 15 is 0 Å². The van der Waals surface area contributed by atoms with Crippen molar-refractivity contribution in [2.24, 2.45) is 11.1 Å². The Kier molecular flexibility index (Phi) is 3.13. The lowest BCUT2D eigenvalue weighted by Gasteiger charge is -2.25. The number of hydrogen-bond acceptors (Lipinski definition) is 4. The van der Waals surface area contributed by atoms with Crippen molar-refractivity contribution in [1.29, 1.82) is 0 Å². The molecule has 0 bridgehead atoms. The normalized spacial score (nSPS) is 28.1. The molecule has 3 N–H and O–H groups in total. The Morgan fingerprint density at radius 2 is 2.47 bits per heavy atom. The Balaban J connectivity index is 2.12. The van der Waals surface area contributed by atoms with Crippen LogP contribution in [-0.4, -0.2) is 30.1 Å². The molecule has 2 rings (SSSR count). The van der Waals surface area contributed by atoms with Gasteiger partial charge in [0.1, 0.15) is 5.82 Å². The molecule has 1 amide bonds. The van der Waals surface area contributed by atoms with Crippen LogP contribution in [0.3, 0.4) is 0 Å². The molecule has 1 aromatic rings. The first-order valence-corrected chi connectivity index (χ1v) is 5.60. The number of rotatable bonds is 2. The molecule has 0 radical (unpaired) electrons. The van der Waals surface area contributed by atoms with Crippen LogP contribution >= 0.6 is 0 Å². The standard InChI is InChI=1S/C12H17N3O2/c1-8-3-4-14-10(5-8)15-11(16)12(2)7-17-6-9(12)13/h3-5,9H,6-7,13H2,1-2H3,(H,14,15,16). The summed E-state index contributed by atoms with van der Waals surface area (Å²) < 4.78 is 5.25. The van der Waals surface area contributed by atoms with Crippen LogP contribution in [0.1, 0.15) is 12.5 Å². The van der Waals surface area contributed by atoms with Gasteiger partial charge in [0.25, 0.3) is 0 Å². The second-order valence-corrected chi connectivity index (χ2v) is 4.71. The van der Waals surface area contributed by atoms with E-state index in [0.717, 1.165) is 5.56 Å². The fourth-order valence-corrected chi connectivity index (χ4v) is 1.79. The van der Waals surface area contributed by atoms with Crippen molar-refractivity contribution >= 4 is 11.7 Å². The van der Waals surface area contributed by atoms with Crippen LogP contribution in [-0.2, 0) is 9.53 Å². The molecular formula is C12H17N3O2. The summed E-state index contributed by atoms with van der Waals surface area (Å²) in [6, 6.07) is 3.43. The molecule has 1 fully saturated rings. The third-order valence-corrected chi connectivity index (χ3v) is 3.19. The lowest BCUT2D eigenvalue weighted by atomic mass is 9.85. The Labute approximate surface area is 100 Å². The lowest BCUT2D eigenvalue weighted by Crippen LogP contribution is -2.47. The van der Waals surface area contributed by atoms with Crippen LogP contribution in [0.2, 0.25) is 0 Å². The Morgan fingerprint density at radius 3 is 3.06 bits per heavy atom. The van der Waals surface area contributed by atoms with E-state index in [0.29, 0.717) is 19.0 Å². The van der Waals surface area contributed by atoms with E-state index in [2.05, 4.69) is 10.3 Å². The topological polar surface area (TPSA) is 77.2 Å². The van der Waals surface area contributed by atoms with Gasteiger partial charge in [0, 0.05) is 12.2 Å². The maximum atomic E-state index is 12.1. The van der Waals surface area contributed by atoms with E-state index in [1.54, 1.807) is 6.20 Å². The van der Waals surface area contributed by atoms with Crippen molar-refractivity contribution in [3.8, 4) is 0 Å². The number of anilines is 1. The zero-order chi connectivity index (χ0) is 12.5. The average molecular weight is 235 g/mol. The van der Waals surface area contributed by atoms with E-state index in [9.17, 15) is 4.79 Å². The predicted octanol–water partition coefficient (Wildman–Crippen LogP) is 0.692. The third kappa shape index (κ3) is 2.30. The summed E-state index contributed by atoms with van der Waals surface area (Å²) in [5, 5.41) is 2.79. The van der Waals surface area contributed by atoms with Crippen molar-refractivity contribution in [1.82, 2.24) is 4.98 Å². The number of nitrogens with one attached hydrogen (secondary N) is 1. The highest BCUT2D eigenvalue weighted by Crippen LogP contribution is 2.28. The molecule has 1 saturated heterocycles. The molecule has 1 aliphatic heterocycles. The SMILES string of the molecule is Cc1ccnc(NC(=O)C2(C)COCC2N)c1. The fraction of sp³-hybridized carbons (Fsp3) is 0.500. The van der Waals surface area contributed by atoms with E-state index in [1.807, 2.05) is 26.0 Å². The molecule has 2 unspecified atom stereocenters. The maximum absolute atomic E-state index is 12.1. The zero-order valence-corrected chi connectivity index (χ0v) is 10.1. The van der Waals surface area contributed by atoms with Crippen LogP contribution < -0.4 is 11.1 Å². The van der Waals surface area contributed by atoms with Crippen LogP contribution in [0.25, 0.3) is 0 Å². The summed E-state index contributed by atoms with van der Waals surface area (Å²) in [6.07, 6.45) is 1.67. The molecule has 92 valence electrons. The summed E-state index contributed by atoms with van der Waals surface area (Å²) in [6.45, 7) is 4.54. The first-order chi connectivity index (χ1) is 8.02. The van der Waals surface area contributed by atoms with Crippen LogP contribution in [0.5, 0.6) is 0 Å². The quantitative estimate of drug-likeness (QED) is 0.790. The first-order valence-electron chi connectivity index (χ1n) is 5.60. The number of nitrogens with two attached hydrogens (primary N) is 1.